The van der Waals surface area contributed by atoms with E-state index in [0.29, 0.717) is 24.1 Å². The van der Waals surface area contributed by atoms with Gasteiger partial charge in [0.1, 0.15) is 24.8 Å². The van der Waals surface area contributed by atoms with Crippen molar-refractivity contribution in [1.29, 1.82) is 0 Å². The van der Waals surface area contributed by atoms with Crippen LogP contribution in [-0.4, -0.2) is 39.7 Å². The minimum atomic E-state index is -0.315. The standard InChI is InChI=1S/C22H23N3O3S2/c1-2-13-25-20(16-29-19-11-7-4-8-12-19)23-24-22(25)30-17-21(26)28-15-14-27-18-9-5-3-6-10-18/h2-12H,1,13-17H2. The molecule has 0 saturated heterocycles. The van der Waals surface area contributed by atoms with Crippen molar-refractivity contribution in [3.8, 4) is 5.75 Å². The number of hydrogen-bond donors (Lipinski definition) is 0. The second kappa shape index (κ2) is 12.1. The van der Waals surface area contributed by atoms with Crippen molar-refractivity contribution >= 4 is 29.5 Å². The molecule has 0 aliphatic heterocycles. The van der Waals surface area contributed by atoms with Crippen molar-refractivity contribution in [2.24, 2.45) is 0 Å². The zero-order chi connectivity index (χ0) is 21.0. The minimum Gasteiger partial charge on any atom is -0.490 e. The van der Waals surface area contributed by atoms with E-state index < -0.39 is 0 Å². The second-order valence-electron chi connectivity index (χ2n) is 6.07. The van der Waals surface area contributed by atoms with Gasteiger partial charge >= 0.3 is 5.97 Å². The van der Waals surface area contributed by atoms with Gasteiger partial charge in [-0.25, -0.2) is 0 Å². The van der Waals surface area contributed by atoms with Crippen LogP contribution < -0.4 is 4.74 Å². The molecule has 1 heterocycles. The highest BCUT2D eigenvalue weighted by Crippen LogP contribution is 2.24. The summed E-state index contributed by atoms with van der Waals surface area (Å²) >= 11 is 3.00. The minimum absolute atomic E-state index is 0.159. The largest absolute Gasteiger partial charge is 0.490 e. The molecule has 0 fully saturated rings. The molecular formula is C22H23N3O3S2. The lowest BCUT2D eigenvalue weighted by atomic mass is 10.3. The molecule has 0 radical (unpaired) electrons. The van der Waals surface area contributed by atoms with Gasteiger partial charge < -0.3 is 14.0 Å². The van der Waals surface area contributed by atoms with Crippen LogP contribution >= 0.6 is 23.5 Å². The summed E-state index contributed by atoms with van der Waals surface area (Å²) in [5.41, 5.74) is 0. The van der Waals surface area contributed by atoms with Crippen molar-refractivity contribution in [3.05, 3.63) is 79.1 Å². The molecule has 6 nitrogen and oxygen atoms in total. The van der Waals surface area contributed by atoms with Crippen LogP contribution in [0.5, 0.6) is 5.75 Å². The number of esters is 1. The summed E-state index contributed by atoms with van der Waals surface area (Å²) in [7, 11) is 0. The molecule has 30 heavy (non-hydrogen) atoms. The van der Waals surface area contributed by atoms with Crippen molar-refractivity contribution in [3.63, 3.8) is 0 Å². The summed E-state index contributed by atoms with van der Waals surface area (Å²) in [6, 6.07) is 19.6. The summed E-state index contributed by atoms with van der Waals surface area (Å²) in [5, 5.41) is 9.20. The van der Waals surface area contributed by atoms with Gasteiger partial charge in [-0.15, -0.1) is 28.5 Å². The van der Waals surface area contributed by atoms with E-state index in [1.54, 1.807) is 17.8 Å². The highest BCUT2D eigenvalue weighted by Gasteiger charge is 2.14. The van der Waals surface area contributed by atoms with Crippen LogP contribution in [0.4, 0.5) is 0 Å². The van der Waals surface area contributed by atoms with E-state index in [4.69, 9.17) is 9.47 Å². The number of hydrogen-bond acceptors (Lipinski definition) is 7. The molecule has 0 atom stereocenters. The van der Waals surface area contributed by atoms with Crippen molar-refractivity contribution in [2.45, 2.75) is 22.3 Å². The van der Waals surface area contributed by atoms with Crippen LogP contribution in [-0.2, 0) is 21.8 Å². The van der Waals surface area contributed by atoms with Gasteiger partial charge in [-0.05, 0) is 24.3 Å². The monoisotopic (exact) mass is 441 g/mol. The fourth-order valence-electron chi connectivity index (χ4n) is 2.51. The highest BCUT2D eigenvalue weighted by molar-refractivity contribution is 7.99. The molecule has 3 aromatic rings. The van der Waals surface area contributed by atoms with Gasteiger partial charge in [0.15, 0.2) is 5.16 Å². The molecule has 0 N–H and O–H groups in total. The third-order valence-electron chi connectivity index (χ3n) is 3.89. The average molecular weight is 442 g/mol. The highest BCUT2D eigenvalue weighted by atomic mass is 32.2. The lowest BCUT2D eigenvalue weighted by Gasteiger charge is -2.08. The number of carbonyl (C=O) groups is 1. The first-order valence-corrected chi connectivity index (χ1v) is 11.4. The maximum Gasteiger partial charge on any atom is 0.316 e. The molecule has 2 aromatic carbocycles. The summed E-state index contributed by atoms with van der Waals surface area (Å²) in [4.78, 5) is 13.2. The van der Waals surface area contributed by atoms with Gasteiger partial charge in [-0.1, -0.05) is 54.2 Å². The molecule has 0 spiro atoms. The number of rotatable bonds is 12. The molecule has 0 amide bonds. The van der Waals surface area contributed by atoms with Crippen LogP contribution in [0.2, 0.25) is 0 Å². The smallest absolute Gasteiger partial charge is 0.316 e. The SMILES string of the molecule is C=CCn1c(CSc2ccccc2)nnc1SCC(=O)OCCOc1ccccc1. The lowest BCUT2D eigenvalue weighted by molar-refractivity contribution is -0.141. The number of para-hydroxylation sites is 1. The Balaban J connectivity index is 1.45. The van der Waals surface area contributed by atoms with Crippen LogP contribution in [0.3, 0.4) is 0 Å². The second-order valence-corrected chi connectivity index (χ2v) is 8.06. The van der Waals surface area contributed by atoms with E-state index in [0.717, 1.165) is 11.6 Å². The lowest BCUT2D eigenvalue weighted by Crippen LogP contribution is -2.14. The van der Waals surface area contributed by atoms with Crippen LogP contribution in [0.15, 0.2) is 83.4 Å². The average Bonchev–Trinajstić information content (AvgIpc) is 3.17. The first-order chi connectivity index (χ1) is 14.8. The third kappa shape index (κ3) is 6.96. The molecule has 0 saturated carbocycles. The normalized spacial score (nSPS) is 10.5. The molecule has 3 rings (SSSR count). The maximum absolute atomic E-state index is 12.0. The van der Waals surface area contributed by atoms with E-state index in [1.807, 2.05) is 53.1 Å². The Morgan fingerprint density at radius 2 is 1.73 bits per heavy atom. The van der Waals surface area contributed by atoms with Gasteiger partial charge in [0.2, 0.25) is 0 Å². The zero-order valence-corrected chi connectivity index (χ0v) is 18.1. The van der Waals surface area contributed by atoms with E-state index in [-0.39, 0.29) is 18.3 Å². The number of allylic oxidation sites excluding steroid dienone is 1. The van der Waals surface area contributed by atoms with E-state index in [1.165, 1.54) is 16.7 Å². The van der Waals surface area contributed by atoms with E-state index >= 15 is 0 Å². The Kier molecular flexibility index (Phi) is 8.86. The number of carbonyl (C=O) groups excluding carboxylic acids is 1. The number of ether oxygens (including phenoxy) is 2. The first kappa shape index (κ1) is 22.0. The summed E-state index contributed by atoms with van der Waals surface area (Å²) in [6.45, 7) is 4.91. The quantitative estimate of drug-likeness (QED) is 0.178. The Labute approximate surface area is 184 Å². The maximum atomic E-state index is 12.0. The number of nitrogens with zero attached hydrogens (tertiary/aromatic N) is 3. The number of benzene rings is 2. The van der Waals surface area contributed by atoms with Crippen molar-refractivity contribution in [2.75, 3.05) is 19.0 Å². The van der Waals surface area contributed by atoms with Gasteiger partial charge in [0, 0.05) is 11.4 Å². The Morgan fingerprint density at radius 3 is 2.47 bits per heavy atom. The van der Waals surface area contributed by atoms with Crippen molar-refractivity contribution in [1.82, 2.24) is 14.8 Å². The first-order valence-electron chi connectivity index (χ1n) is 9.43. The molecule has 0 aliphatic carbocycles. The Hall–Kier alpha value is -2.71. The molecule has 1 aromatic heterocycles. The molecule has 8 heteroatoms. The van der Waals surface area contributed by atoms with Gasteiger partial charge in [0.25, 0.3) is 0 Å². The topological polar surface area (TPSA) is 66.2 Å². The molecule has 0 bridgehead atoms. The zero-order valence-electron chi connectivity index (χ0n) is 16.5. The number of aromatic nitrogens is 3. The van der Waals surface area contributed by atoms with Gasteiger partial charge in [0.05, 0.1) is 11.5 Å². The summed E-state index contributed by atoms with van der Waals surface area (Å²) in [6.07, 6.45) is 1.79. The van der Waals surface area contributed by atoms with Crippen LogP contribution in [0.1, 0.15) is 5.82 Å². The fourth-order valence-corrected chi connectivity index (χ4v) is 4.13. The summed E-state index contributed by atoms with van der Waals surface area (Å²) in [5.74, 6) is 2.13. The predicted octanol–water partition coefficient (Wildman–Crippen LogP) is 4.47. The predicted molar refractivity (Wildman–Crippen MR) is 120 cm³/mol. The molecule has 0 aliphatic rings. The fraction of sp³-hybridized carbons (Fsp3) is 0.227. The Bertz CT molecular complexity index is 933. The molecule has 156 valence electrons. The molecular weight excluding hydrogens is 418 g/mol. The Morgan fingerprint density at radius 1 is 1.00 bits per heavy atom. The van der Waals surface area contributed by atoms with Crippen molar-refractivity contribution < 1.29 is 14.3 Å². The van der Waals surface area contributed by atoms with Crippen LogP contribution in [0, 0.1) is 0 Å². The summed E-state index contributed by atoms with van der Waals surface area (Å²) < 4.78 is 12.7. The number of thioether (sulfide) groups is 2. The van der Waals surface area contributed by atoms with Gasteiger partial charge in [-0.3, -0.25) is 4.79 Å². The van der Waals surface area contributed by atoms with E-state index in [2.05, 4.69) is 28.9 Å². The third-order valence-corrected chi connectivity index (χ3v) is 5.84. The van der Waals surface area contributed by atoms with E-state index in [9.17, 15) is 4.79 Å². The van der Waals surface area contributed by atoms with Gasteiger partial charge in [-0.2, -0.15) is 0 Å². The molecule has 0 unspecified atom stereocenters. The van der Waals surface area contributed by atoms with Crippen LogP contribution in [0.25, 0.3) is 0 Å².